The Kier molecular flexibility index (Phi) is 4.59. The second-order valence-corrected chi connectivity index (χ2v) is 5.43. The van der Waals surface area contributed by atoms with E-state index >= 15 is 0 Å². The van der Waals surface area contributed by atoms with Crippen LogP contribution in [0.25, 0.3) is 0 Å². The largest absolute Gasteiger partial charge is 0.453 e. The van der Waals surface area contributed by atoms with Gasteiger partial charge in [-0.1, -0.05) is 12.1 Å². The van der Waals surface area contributed by atoms with Gasteiger partial charge in [-0.05, 0) is 37.5 Å². The second kappa shape index (κ2) is 6.25. The fraction of sp³-hybridized carbons (Fsp3) is 0.438. The monoisotopic (exact) mass is 307 g/mol. The molecule has 1 unspecified atom stereocenters. The third kappa shape index (κ3) is 2.73. The molecule has 1 aromatic rings. The number of ketones is 2. The Bertz CT molecular complexity index is 616. The number of hydrogen-bond donors (Lipinski definition) is 1. The summed E-state index contributed by atoms with van der Waals surface area (Å²) in [7, 11) is 1.19. The molecule has 1 amide bonds. The van der Waals surface area contributed by atoms with E-state index in [0.717, 1.165) is 0 Å². The van der Waals surface area contributed by atoms with Crippen molar-refractivity contribution >= 4 is 17.7 Å². The number of halogens is 1. The van der Waals surface area contributed by atoms with Crippen LogP contribution < -0.4 is 5.32 Å². The SMILES string of the molecule is COC(=O)NC(c1cccc(F)c1)[C@]1(C(C)=O)CCCC1=O. The number of amides is 1. The third-order valence-electron chi connectivity index (χ3n) is 4.22. The zero-order valence-corrected chi connectivity index (χ0v) is 12.5. The van der Waals surface area contributed by atoms with Crippen molar-refractivity contribution in [3.8, 4) is 0 Å². The summed E-state index contributed by atoms with van der Waals surface area (Å²) in [6.45, 7) is 1.33. The lowest BCUT2D eigenvalue weighted by Crippen LogP contribution is -2.47. The summed E-state index contributed by atoms with van der Waals surface area (Å²) < 4.78 is 18.1. The summed E-state index contributed by atoms with van der Waals surface area (Å²) >= 11 is 0. The lowest BCUT2D eigenvalue weighted by Gasteiger charge is -2.34. The number of nitrogens with one attached hydrogen (secondary N) is 1. The average Bonchev–Trinajstić information content (AvgIpc) is 2.87. The number of carbonyl (C=O) groups is 3. The van der Waals surface area contributed by atoms with Crippen molar-refractivity contribution in [3.63, 3.8) is 0 Å². The number of Topliss-reactive ketones (excluding diaryl/α,β-unsaturated/α-hetero) is 2. The van der Waals surface area contributed by atoms with E-state index in [1.54, 1.807) is 6.07 Å². The van der Waals surface area contributed by atoms with E-state index in [9.17, 15) is 18.8 Å². The highest BCUT2D eigenvalue weighted by Gasteiger charge is 2.53. The Morgan fingerprint density at radius 3 is 2.64 bits per heavy atom. The molecule has 1 aromatic carbocycles. The third-order valence-corrected chi connectivity index (χ3v) is 4.22. The van der Waals surface area contributed by atoms with Crippen molar-refractivity contribution in [2.75, 3.05) is 7.11 Å². The van der Waals surface area contributed by atoms with Crippen LogP contribution in [0, 0.1) is 11.2 Å². The fourth-order valence-electron chi connectivity index (χ4n) is 3.13. The Balaban J connectivity index is 2.54. The van der Waals surface area contributed by atoms with Crippen molar-refractivity contribution < 1.29 is 23.5 Å². The van der Waals surface area contributed by atoms with Crippen LogP contribution in [0.1, 0.15) is 37.8 Å². The Morgan fingerprint density at radius 1 is 1.41 bits per heavy atom. The van der Waals surface area contributed by atoms with Gasteiger partial charge in [0.15, 0.2) is 0 Å². The van der Waals surface area contributed by atoms with Crippen LogP contribution in [0.4, 0.5) is 9.18 Å². The zero-order chi connectivity index (χ0) is 16.3. The normalized spacial score (nSPS) is 22.2. The first-order valence-electron chi connectivity index (χ1n) is 7.06. The highest BCUT2D eigenvalue weighted by molar-refractivity contribution is 6.08. The van der Waals surface area contributed by atoms with Gasteiger partial charge in [-0.15, -0.1) is 0 Å². The standard InChI is InChI=1S/C16H18FNO4/c1-10(19)16(8-4-7-13(16)20)14(18-15(21)22-2)11-5-3-6-12(17)9-11/h3,5-6,9,14H,4,7-8H2,1-2H3,(H,18,21)/t14?,16-/m0/s1. The van der Waals surface area contributed by atoms with Crippen molar-refractivity contribution in [1.29, 1.82) is 0 Å². The molecule has 6 heteroatoms. The molecule has 1 aliphatic carbocycles. The van der Waals surface area contributed by atoms with E-state index in [4.69, 9.17) is 0 Å². The van der Waals surface area contributed by atoms with E-state index < -0.39 is 23.4 Å². The smallest absolute Gasteiger partial charge is 0.407 e. The van der Waals surface area contributed by atoms with Crippen molar-refractivity contribution in [3.05, 3.63) is 35.6 Å². The molecular formula is C16H18FNO4. The lowest BCUT2D eigenvalue weighted by molar-refractivity contribution is -0.139. The molecule has 0 spiro atoms. The van der Waals surface area contributed by atoms with E-state index in [-0.39, 0.29) is 18.0 Å². The molecule has 5 nitrogen and oxygen atoms in total. The minimum atomic E-state index is -1.36. The number of rotatable bonds is 4. The molecular weight excluding hydrogens is 289 g/mol. The Hall–Kier alpha value is -2.24. The van der Waals surface area contributed by atoms with Gasteiger partial charge in [0, 0.05) is 6.42 Å². The maximum Gasteiger partial charge on any atom is 0.407 e. The van der Waals surface area contributed by atoms with E-state index in [0.29, 0.717) is 18.4 Å². The summed E-state index contributed by atoms with van der Waals surface area (Å²) in [4.78, 5) is 36.3. The maximum atomic E-state index is 13.5. The number of alkyl carbamates (subject to hydrolysis) is 1. The molecule has 1 saturated carbocycles. The molecule has 1 fully saturated rings. The number of carbonyl (C=O) groups excluding carboxylic acids is 3. The van der Waals surface area contributed by atoms with Crippen molar-refractivity contribution in [2.45, 2.75) is 32.2 Å². The summed E-state index contributed by atoms with van der Waals surface area (Å²) in [5.74, 6) is -1.07. The lowest BCUT2D eigenvalue weighted by atomic mass is 9.72. The number of methoxy groups -OCH3 is 1. The van der Waals surface area contributed by atoms with Crippen LogP contribution >= 0.6 is 0 Å². The first-order chi connectivity index (χ1) is 10.4. The summed E-state index contributed by atoms with van der Waals surface area (Å²) in [6.07, 6.45) is 0.391. The van der Waals surface area contributed by atoms with Gasteiger partial charge in [-0.3, -0.25) is 9.59 Å². The first kappa shape index (κ1) is 16.1. The molecule has 0 aromatic heterocycles. The summed E-state index contributed by atoms with van der Waals surface area (Å²) in [6, 6.07) is 4.60. The molecule has 0 radical (unpaired) electrons. The van der Waals surface area contributed by atoms with Gasteiger partial charge in [0.1, 0.15) is 22.8 Å². The Labute approximate surface area is 127 Å². The van der Waals surface area contributed by atoms with Gasteiger partial charge in [0.2, 0.25) is 0 Å². The minimum Gasteiger partial charge on any atom is -0.453 e. The molecule has 0 heterocycles. The van der Waals surface area contributed by atoms with Gasteiger partial charge < -0.3 is 10.1 Å². The molecule has 1 aliphatic rings. The highest BCUT2D eigenvalue weighted by Crippen LogP contribution is 2.46. The van der Waals surface area contributed by atoms with Crippen LogP contribution in [0.3, 0.4) is 0 Å². The van der Waals surface area contributed by atoms with Crippen molar-refractivity contribution in [2.24, 2.45) is 5.41 Å². The molecule has 1 N–H and O–H groups in total. The minimum absolute atomic E-state index is 0.231. The molecule has 0 aliphatic heterocycles. The molecule has 0 saturated heterocycles. The predicted molar refractivity (Wildman–Crippen MR) is 76.7 cm³/mol. The first-order valence-corrected chi connectivity index (χ1v) is 7.06. The van der Waals surface area contributed by atoms with E-state index in [2.05, 4.69) is 10.1 Å². The Morgan fingerprint density at radius 2 is 2.14 bits per heavy atom. The molecule has 118 valence electrons. The van der Waals surface area contributed by atoms with Crippen LogP contribution in [0.2, 0.25) is 0 Å². The predicted octanol–water partition coefficient (Wildman–Crippen LogP) is 2.55. The quantitative estimate of drug-likeness (QED) is 0.868. The average molecular weight is 307 g/mol. The van der Waals surface area contributed by atoms with Crippen LogP contribution in [-0.2, 0) is 14.3 Å². The van der Waals surface area contributed by atoms with Crippen LogP contribution in [0.5, 0.6) is 0 Å². The molecule has 0 bridgehead atoms. The molecule has 22 heavy (non-hydrogen) atoms. The van der Waals surface area contributed by atoms with Gasteiger partial charge >= 0.3 is 6.09 Å². The fourth-order valence-corrected chi connectivity index (χ4v) is 3.13. The van der Waals surface area contributed by atoms with Gasteiger partial charge in [-0.25, -0.2) is 9.18 Å². The highest BCUT2D eigenvalue weighted by atomic mass is 19.1. The van der Waals surface area contributed by atoms with Crippen LogP contribution in [0.15, 0.2) is 24.3 Å². The van der Waals surface area contributed by atoms with Gasteiger partial charge in [-0.2, -0.15) is 0 Å². The molecule has 2 rings (SSSR count). The topological polar surface area (TPSA) is 72.5 Å². The van der Waals surface area contributed by atoms with E-state index in [1.807, 2.05) is 0 Å². The maximum absolute atomic E-state index is 13.5. The number of hydrogen-bond acceptors (Lipinski definition) is 4. The van der Waals surface area contributed by atoms with Crippen molar-refractivity contribution in [1.82, 2.24) is 5.32 Å². The van der Waals surface area contributed by atoms with Gasteiger partial charge in [0.05, 0.1) is 13.2 Å². The zero-order valence-electron chi connectivity index (χ0n) is 12.5. The number of benzene rings is 1. The van der Waals surface area contributed by atoms with Gasteiger partial charge in [0.25, 0.3) is 0 Å². The summed E-state index contributed by atoms with van der Waals surface area (Å²) in [5.41, 5.74) is -0.988. The second-order valence-electron chi connectivity index (χ2n) is 5.43. The molecule has 2 atom stereocenters. The number of ether oxygens (including phenoxy) is 1. The summed E-state index contributed by atoms with van der Waals surface area (Å²) in [5, 5.41) is 2.54. The van der Waals surface area contributed by atoms with E-state index in [1.165, 1.54) is 32.2 Å². The van der Waals surface area contributed by atoms with Crippen LogP contribution in [-0.4, -0.2) is 24.8 Å².